The molecule has 1 aromatic heterocycles. The van der Waals surface area contributed by atoms with Crippen LogP contribution in [0.5, 0.6) is 0 Å². The van der Waals surface area contributed by atoms with E-state index in [1.165, 1.54) is 37.7 Å². The molecule has 2 fully saturated rings. The fourth-order valence-corrected chi connectivity index (χ4v) is 6.08. The maximum absolute atomic E-state index is 13.9. The first kappa shape index (κ1) is 29.9. The van der Waals surface area contributed by atoms with Crippen molar-refractivity contribution in [1.82, 2.24) is 9.88 Å². The van der Waals surface area contributed by atoms with Crippen LogP contribution in [0, 0.1) is 0 Å². The van der Waals surface area contributed by atoms with Crippen LogP contribution in [0.2, 0.25) is 0 Å². The highest BCUT2D eigenvalue weighted by atomic mass is 16.6. The van der Waals surface area contributed by atoms with Crippen molar-refractivity contribution < 1.29 is 14.3 Å². The molecule has 40 heavy (non-hydrogen) atoms. The Labute approximate surface area is 240 Å². The van der Waals surface area contributed by atoms with Crippen molar-refractivity contribution >= 4 is 23.5 Å². The number of carbonyl (C=O) groups excluding carboxylic acids is 2. The molecule has 218 valence electrons. The third-order valence-corrected chi connectivity index (χ3v) is 8.49. The molecule has 7 heteroatoms. The van der Waals surface area contributed by atoms with Crippen LogP contribution in [0.3, 0.4) is 0 Å². The largest absolute Gasteiger partial charge is 0.444 e. The van der Waals surface area contributed by atoms with E-state index in [1.807, 2.05) is 56.1 Å². The average molecular weight is 549 g/mol. The number of anilines is 2. The molecule has 0 radical (unpaired) electrons. The maximum Gasteiger partial charge on any atom is 0.410 e. The van der Waals surface area contributed by atoms with Crippen molar-refractivity contribution in [2.45, 2.75) is 110 Å². The van der Waals surface area contributed by atoms with E-state index in [-0.39, 0.29) is 24.1 Å². The summed E-state index contributed by atoms with van der Waals surface area (Å²) in [7, 11) is 1.81. The second kappa shape index (κ2) is 13.0. The first-order valence-corrected chi connectivity index (χ1v) is 15.2. The Morgan fingerprint density at radius 3 is 2.25 bits per heavy atom. The van der Waals surface area contributed by atoms with Gasteiger partial charge in [-0.2, -0.15) is 0 Å². The molecule has 1 saturated carbocycles. The van der Waals surface area contributed by atoms with E-state index in [1.54, 1.807) is 11.9 Å². The van der Waals surface area contributed by atoms with Crippen LogP contribution in [-0.4, -0.2) is 59.7 Å². The van der Waals surface area contributed by atoms with Crippen LogP contribution in [-0.2, 0) is 4.74 Å². The summed E-state index contributed by atoms with van der Waals surface area (Å²) in [5.74, 6) is 1.51. The Hall–Kier alpha value is -3.09. The van der Waals surface area contributed by atoms with Crippen LogP contribution in [0.4, 0.5) is 16.3 Å². The fraction of sp³-hybridized carbons (Fsp3) is 0.606. The summed E-state index contributed by atoms with van der Waals surface area (Å²) in [6.45, 7) is 11.4. The molecule has 2 aromatic rings. The summed E-state index contributed by atoms with van der Waals surface area (Å²) in [4.78, 5) is 37.0. The van der Waals surface area contributed by atoms with Gasteiger partial charge < -0.3 is 19.4 Å². The quantitative estimate of drug-likeness (QED) is 0.344. The van der Waals surface area contributed by atoms with Gasteiger partial charge in [0.25, 0.3) is 5.91 Å². The molecule has 1 unspecified atom stereocenters. The smallest absolute Gasteiger partial charge is 0.410 e. The van der Waals surface area contributed by atoms with E-state index in [0.717, 1.165) is 42.9 Å². The number of likely N-dealkylation sites (N-methyl/N-ethyl adjacent to an activating group) is 1. The predicted octanol–water partition coefficient (Wildman–Crippen LogP) is 7.41. The number of hydrogen-bond donors (Lipinski definition) is 0. The highest BCUT2D eigenvalue weighted by Crippen LogP contribution is 2.33. The highest BCUT2D eigenvalue weighted by Gasteiger charge is 2.32. The molecule has 2 aliphatic rings. The number of benzene rings is 1. The van der Waals surface area contributed by atoms with E-state index in [4.69, 9.17) is 9.72 Å². The van der Waals surface area contributed by atoms with Gasteiger partial charge in [-0.3, -0.25) is 4.79 Å². The highest BCUT2D eigenvalue weighted by molar-refractivity contribution is 6.06. The van der Waals surface area contributed by atoms with E-state index >= 15 is 0 Å². The average Bonchev–Trinajstić information content (AvgIpc) is 3.45. The fourth-order valence-electron chi connectivity index (χ4n) is 6.08. The number of ether oxygens (including phenoxy) is 1. The van der Waals surface area contributed by atoms with Gasteiger partial charge in [-0.15, -0.1) is 0 Å². The van der Waals surface area contributed by atoms with Gasteiger partial charge in [0.05, 0.1) is 17.9 Å². The molecular weight excluding hydrogens is 500 g/mol. The van der Waals surface area contributed by atoms with E-state index in [2.05, 4.69) is 30.9 Å². The lowest BCUT2D eigenvalue weighted by Gasteiger charge is -2.31. The summed E-state index contributed by atoms with van der Waals surface area (Å²) < 4.78 is 5.55. The van der Waals surface area contributed by atoms with Crippen molar-refractivity contribution in [2.75, 3.05) is 29.9 Å². The number of rotatable bonds is 8. The minimum atomic E-state index is -0.517. The van der Waals surface area contributed by atoms with Gasteiger partial charge in [0.15, 0.2) is 0 Å². The number of nitrogens with zero attached hydrogens (tertiary/aromatic N) is 4. The minimum Gasteiger partial charge on any atom is -0.444 e. The van der Waals surface area contributed by atoms with Gasteiger partial charge in [-0.05, 0) is 88.6 Å². The zero-order valence-electron chi connectivity index (χ0n) is 25.4. The molecule has 1 aliphatic heterocycles. The Bertz CT molecular complexity index is 1120. The van der Waals surface area contributed by atoms with Gasteiger partial charge in [0.2, 0.25) is 0 Å². The lowest BCUT2D eigenvalue weighted by atomic mass is 9.84. The van der Waals surface area contributed by atoms with Crippen LogP contribution in [0.25, 0.3) is 0 Å². The Morgan fingerprint density at radius 2 is 1.68 bits per heavy atom. The Balaban J connectivity index is 1.46. The summed E-state index contributed by atoms with van der Waals surface area (Å²) in [6, 6.07) is 12.5. The number of carbonyl (C=O) groups is 2. The molecule has 1 atom stereocenters. The molecule has 0 spiro atoms. The molecule has 0 bridgehead atoms. The summed E-state index contributed by atoms with van der Waals surface area (Å²) in [5, 5.41) is 0. The van der Waals surface area contributed by atoms with Crippen molar-refractivity contribution in [3.63, 3.8) is 0 Å². The number of amides is 2. The zero-order valence-corrected chi connectivity index (χ0v) is 25.4. The van der Waals surface area contributed by atoms with Crippen LogP contribution < -0.4 is 9.80 Å². The minimum absolute atomic E-state index is 0.0265. The predicted molar refractivity (Wildman–Crippen MR) is 162 cm³/mol. The molecule has 1 aliphatic carbocycles. The summed E-state index contributed by atoms with van der Waals surface area (Å²) in [5.41, 5.74) is 2.39. The van der Waals surface area contributed by atoms with Gasteiger partial charge in [-0.1, -0.05) is 45.2 Å². The van der Waals surface area contributed by atoms with Gasteiger partial charge in [-0.25, -0.2) is 9.78 Å². The van der Waals surface area contributed by atoms with Gasteiger partial charge >= 0.3 is 6.09 Å². The van der Waals surface area contributed by atoms with Crippen LogP contribution in [0.1, 0.15) is 108 Å². The van der Waals surface area contributed by atoms with Crippen molar-refractivity contribution in [1.29, 1.82) is 0 Å². The zero-order chi connectivity index (χ0) is 28.9. The van der Waals surface area contributed by atoms with Crippen molar-refractivity contribution in [3.05, 3.63) is 53.7 Å². The van der Waals surface area contributed by atoms with Crippen LogP contribution in [0.15, 0.2) is 42.6 Å². The maximum atomic E-state index is 13.9. The molecule has 1 aromatic carbocycles. The molecule has 0 N–H and O–H groups in total. The normalized spacial score (nSPS) is 18.2. The van der Waals surface area contributed by atoms with Crippen molar-refractivity contribution in [3.8, 4) is 0 Å². The number of pyridine rings is 1. The summed E-state index contributed by atoms with van der Waals surface area (Å²) in [6.07, 6.45) is 10.6. The molecule has 2 heterocycles. The molecule has 2 amide bonds. The second-order valence-corrected chi connectivity index (χ2v) is 12.5. The molecule has 1 saturated heterocycles. The SMILES string of the molecule is CCC(CC)N(C(=O)c1ccc(C2CCCCC2)cc1)c1ccc(N2CCC(N(C)C(=O)OC(C)(C)C)C2)nc1. The third kappa shape index (κ3) is 7.15. The van der Waals surface area contributed by atoms with E-state index < -0.39 is 5.60 Å². The van der Waals surface area contributed by atoms with E-state index in [0.29, 0.717) is 12.5 Å². The molecular formula is C33H48N4O3. The number of hydrogen-bond acceptors (Lipinski definition) is 5. The standard InChI is InChI=1S/C33H48N4O3/c1-7-27(8-2)37(31(38)26-16-14-25(15-17-26)24-12-10-9-11-13-24)28-18-19-30(34-22-28)36-21-20-29(23-36)35(6)32(39)40-33(3,4)5/h14-19,22,24,27,29H,7-13,20-21,23H2,1-6H3. The lowest BCUT2D eigenvalue weighted by Crippen LogP contribution is -2.42. The molecule has 7 nitrogen and oxygen atoms in total. The topological polar surface area (TPSA) is 66.0 Å². The van der Waals surface area contributed by atoms with Crippen LogP contribution >= 0.6 is 0 Å². The van der Waals surface area contributed by atoms with Gasteiger partial charge in [0.1, 0.15) is 11.4 Å². The van der Waals surface area contributed by atoms with Crippen molar-refractivity contribution in [2.24, 2.45) is 0 Å². The van der Waals surface area contributed by atoms with E-state index in [9.17, 15) is 9.59 Å². The Kier molecular flexibility index (Phi) is 9.75. The second-order valence-electron chi connectivity index (χ2n) is 12.5. The Morgan fingerprint density at radius 1 is 1.00 bits per heavy atom. The third-order valence-electron chi connectivity index (χ3n) is 8.49. The summed E-state index contributed by atoms with van der Waals surface area (Å²) >= 11 is 0. The molecule has 4 rings (SSSR count). The van der Waals surface area contributed by atoms with Gasteiger partial charge in [0, 0.05) is 31.7 Å². The number of aromatic nitrogens is 1. The lowest BCUT2D eigenvalue weighted by molar-refractivity contribution is 0.0237. The first-order valence-electron chi connectivity index (χ1n) is 15.2. The first-order chi connectivity index (χ1) is 19.1. The monoisotopic (exact) mass is 548 g/mol.